The Morgan fingerprint density at radius 2 is 2.14 bits per heavy atom. The first kappa shape index (κ1) is 11.3. The lowest BCUT2D eigenvalue weighted by molar-refractivity contribution is -0.138. The maximum Gasteiger partial charge on any atom is 0.310 e. The van der Waals surface area contributed by atoms with Gasteiger partial charge in [-0.25, -0.2) is 0 Å². The molecule has 0 amide bonds. The third-order valence-electron chi connectivity index (χ3n) is 1.88. The lowest BCUT2D eigenvalue weighted by Crippen LogP contribution is -2.08. The van der Waals surface area contributed by atoms with Crippen LogP contribution in [0.5, 0.6) is 5.75 Å². The predicted molar refractivity (Wildman–Crippen MR) is 56.9 cm³/mol. The summed E-state index contributed by atoms with van der Waals surface area (Å²) in [5.41, 5.74) is 0.335. The van der Waals surface area contributed by atoms with Crippen LogP contribution in [0.25, 0.3) is 0 Å². The first-order chi connectivity index (χ1) is 6.43. The highest BCUT2D eigenvalue weighted by Crippen LogP contribution is 2.35. The Labute approximate surface area is 94.4 Å². The van der Waals surface area contributed by atoms with Crippen LogP contribution in [0.1, 0.15) is 18.4 Å². The molecule has 0 saturated carbocycles. The molecule has 0 aliphatic rings. The van der Waals surface area contributed by atoms with Gasteiger partial charge in [-0.05, 0) is 19.1 Å². The van der Waals surface area contributed by atoms with Crippen molar-refractivity contribution in [3.63, 3.8) is 0 Å². The molecule has 3 nitrogen and oxygen atoms in total. The maximum atomic E-state index is 10.7. The molecular weight excluding hydrogens is 271 g/mol. The van der Waals surface area contributed by atoms with Crippen molar-refractivity contribution >= 4 is 33.5 Å². The van der Waals surface area contributed by atoms with Crippen molar-refractivity contribution in [2.24, 2.45) is 0 Å². The minimum Gasteiger partial charge on any atom is -0.508 e. The standard InChI is InChI=1S/C9H8BrClO3/c1-4(9(13)14)8-6(10)2-5(11)3-7(8)12/h2-4,12H,1H3,(H,13,14). The summed E-state index contributed by atoms with van der Waals surface area (Å²) in [6.07, 6.45) is 0. The van der Waals surface area contributed by atoms with Gasteiger partial charge >= 0.3 is 5.97 Å². The van der Waals surface area contributed by atoms with Crippen LogP contribution in [0.4, 0.5) is 0 Å². The van der Waals surface area contributed by atoms with Gasteiger partial charge in [0.15, 0.2) is 0 Å². The minimum atomic E-state index is -0.997. The van der Waals surface area contributed by atoms with E-state index >= 15 is 0 Å². The van der Waals surface area contributed by atoms with Crippen LogP contribution in [0.3, 0.4) is 0 Å². The van der Waals surface area contributed by atoms with E-state index in [1.165, 1.54) is 13.0 Å². The molecule has 14 heavy (non-hydrogen) atoms. The minimum absolute atomic E-state index is 0.112. The van der Waals surface area contributed by atoms with E-state index in [1.54, 1.807) is 6.07 Å². The maximum absolute atomic E-state index is 10.7. The number of carboxylic acid groups (broad SMARTS) is 1. The van der Waals surface area contributed by atoms with Crippen LogP contribution in [0.2, 0.25) is 5.02 Å². The molecule has 1 aromatic rings. The summed E-state index contributed by atoms with van der Waals surface area (Å²) >= 11 is 8.83. The van der Waals surface area contributed by atoms with Crippen LogP contribution < -0.4 is 0 Å². The number of carboxylic acids is 1. The molecule has 0 heterocycles. The third kappa shape index (κ3) is 2.19. The molecule has 0 radical (unpaired) electrons. The van der Waals surface area contributed by atoms with Crippen molar-refractivity contribution in [2.75, 3.05) is 0 Å². The fraction of sp³-hybridized carbons (Fsp3) is 0.222. The normalized spacial score (nSPS) is 12.5. The summed E-state index contributed by atoms with van der Waals surface area (Å²) in [5.74, 6) is -1.88. The first-order valence-corrected chi connectivity index (χ1v) is 5.01. The van der Waals surface area contributed by atoms with E-state index in [1.807, 2.05) is 0 Å². The summed E-state index contributed by atoms with van der Waals surface area (Å²) in [5, 5.41) is 18.7. The Hall–Kier alpha value is -0.740. The fourth-order valence-electron chi connectivity index (χ4n) is 1.12. The van der Waals surface area contributed by atoms with Crippen molar-refractivity contribution in [2.45, 2.75) is 12.8 Å². The number of aliphatic carboxylic acids is 1. The molecule has 5 heteroatoms. The summed E-state index contributed by atoms with van der Waals surface area (Å²) in [7, 11) is 0. The average molecular weight is 280 g/mol. The number of carbonyl (C=O) groups is 1. The second-order valence-electron chi connectivity index (χ2n) is 2.88. The van der Waals surface area contributed by atoms with Crippen molar-refractivity contribution < 1.29 is 15.0 Å². The van der Waals surface area contributed by atoms with Crippen molar-refractivity contribution in [1.82, 2.24) is 0 Å². The van der Waals surface area contributed by atoms with Crippen LogP contribution >= 0.6 is 27.5 Å². The van der Waals surface area contributed by atoms with Gasteiger partial charge in [-0.1, -0.05) is 27.5 Å². The molecular formula is C9H8BrClO3. The average Bonchev–Trinajstić information content (AvgIpc) is 2.01. The highest BCUT2D eigenvalue weighted by atomic mass is 79.9. The number of phenolic OH excluding ortho intramolecular Hbond substituents is 1. The molecule has 76 valence electrons. The number of halogens is 2. The monoisotopic (exact) mass is 278 g/mol. The van der Waals surface area contributed by atoms with Gasteiger partial charge < -0.3 is 10.2 Å². The fourth-order valence-corrected chi connectivity index (χ4v) is 2.26. The lowest BCUT2D eigenvalue weighted by atomic mass is 10.0. The largest absolute Gasteiger partial charge is 0.508 e. The molecule has 1 rings (SSSR count). The molecule has 0 aromatic heterocycles. The number of hydrogen-bond donors (Lipinski definition) is 2. The Morgan fingerprint density at radius 1 is 1.57 bits per heavy atom. The predicted octanol–water partition coefficient (Wildman–Crippen LogP) is 3.00. The van der Waals surface area contributed by atoms with Gasteiger partial charge in [0.1, 0.15) is 5.75 Å². The van der Waals surface area contributed by atoms with Gasteiger partial charge in [-0.2, -0.15) is 0 Å². The third-order valence-corrected chi connectivity index (χ3v) is 2.75. The van der Waals surface area contributed by atoms with Crippen LogP contribution in [0.15, 0.2) is 16.6 Å². The Morgan fingerprint density at radius 3 is 2.57 bits per heavy atom. The van der Waals surface area contributed by atoms with Gasteiger partial charge in [0.2, 0.25) is 0 Å². The molecule has 1 aromatic carbocycles. The van der Waals surface area contributed by atoms with Crippen LogP contribution in [0, 0.1) is 0 Å². The molecule has 0 saturated heterocycles. The Balaban J connectivity index is 3.27. The zero-order valence-electron chi connectivity index (χ0n) is 7.29. The van der Waals surface area contributed by atoms with Gasteiger partial charge in [-0.15, -0.1) is 0 Å². The molecule has 0 aliphatic heterocycles. The van der Waals surface area contributed by atoms with E-state index in [2.05, 4.69) is 15.9 Å². The number of rotatable bonds is 2. The van der Waals surface area contributed by atoms with E-state index in [4.69, 9.17) is 16.7 Å². The Bertz CT molecular complexity index is 355. The van der Waals surface area contributed by atoms with Crippen LogP contribution in [-0.4, -0.2) is 16.2 Å². The van der Waals surface area contributed by atoms with E-state index in [-0.39, 0.29) is 5.75 Å². The topological polar surface area (TPSA) is 57.5 Å². The zero-order valence-corrected chi connectivity index (χ0v) is 9.63. The summed E-state index contributed by atoms with van der Waals surface area (Å²) in [6, 6.07) is 2.87. The number of hydrogen-bond acceptors (Lipinski definition) is 2. The first-order valence-electron chi connectivity index (χ1n) is 3.84. The second-order valence-corrected chi connectivity index (χ2v) is 4.17. The molecule has 0 bridgehead atoms. The zero-order chi connectivity index (χ0) is 10.9. The van der Waals surface area contributed by atoms with E-state index in [9.17, 15) is 9.90 Å². The summed E-state index contributed by atoms with van der Waals surface area (Å²) in [4.78, 5) is 10.7. The van der Waals surface area contributed by atoms with Crippen molar-refractivity contribution in [3.8, 4) is 5.75 Å². The van der Waals surface area contributed by atoms with Gasteiger partial charge in [0, 0.05) is 15.1 Å². The smallest absolute Gasteiger partial charge is 0.310 e. The van der Waals surface area contributed by atoms with Gasteiger partial charge in [0.05, 0.1) is 5.92 Å². The lowest BCUT2D eigenvalue weighted by Gasteiger charge is -2.11. The number of benzene rings is 1. The molecule has 2 N–H and O–H groups in total. The summed E-state index contributed by atoms with van der Waals surface area (Å²) < 4.78 is 0.498. The SMILES string of the molecule is CC(C(=O)O)c1c(O)cc(Cl)cc1Br. The van der Waals surface area contributed by atoms with E-state index < -0.39 is 11.9 Å². The molecule has 0 spiro atoms. The molecule has 1 atom stereocenters. The molecule has 1 unspecified atom stereocenters. The van der Waals surface area contributed by atoms with Crippen LogP contribution in [-0.2, 0) is 4.79 Å². The molecule has 0 fully saturated rings. The highest BCUT2D eigenvalue weighted by molar-refractivity contribution is 9.10. The highest BCUT2D eigenvalue weighted by Gasteiger charge is 2.20. The molecule has 0 aliphatic carbocycles. The van der Waals surface area contributed by atoms with Crippen molar-refractivity contribution in [1.29, 1.82) is 0 Å². The second kappa shape index (κ2) is 4.19. The van der Waals surface area contributed by atoms with Crippen molar-refractivity contribution in [3.05, 3.63) is 27.2 Å². The van der Waals surface area contributed by atoms with Gasteiger partial charge in [-0.3, -0.25) is 4.79 Å². The quantitative estimate of drug-likeness (QED) is 0.875. The van der Waals surface area contributed by atoms with Gasteiger partial charge in [0.25, 0.3) is 0 Å². The number of aromatic hydroxyl groups is 1. The Kier molecular flexibility index (Phi) is 3.39. The van der Waals surface area contributed by atoms with E-state index in [0.717, 1.165) is 0 Å². The summed E-state index contributed by atoms with van der Waals surface area (Å²) in [6.45, 7) is 1.50. The number of phenols is 1. The van der Waals surface area contributed by atoms with E-state index in [0.29, 0.717) is 15.1 Å².